The molecule has 0 unspecified atom stereocenters. The first kappa shape index (κ1) is 10.7. The summed E-state index contributed by atoms with van der Waals surface area (Å²) in [7, 11) is 0. The summed E-state index contributed by atoms with van der Waals surface area (Å²) in [6, 6.07) is 6.90. The van der Waals surface area contributed by atoms with Gasteiger partial charge in [-0.1, -0.05) is 18.9 Å². The van der Waals surface area contributed by atoms with Gasteiger partial charge >= 0.3 is 0 Å². The van der Waals surface area contributed by atoms with Crippen LogP contribution in [0, 0.1) is 0 Å². The summed E-state index contributed by atoms with van der Waals surface area (Å²) in [4.78, 5) is 0. The molecule has 3 rings (SSSR count). The van der Waals surface area contributed by atoms with Gasteiger partial charge in [-0.05, 0) is 31.9 Å². The van der Waals surface area contributed by atoms with Gasteiger partial charge in [0.25, 0.3) is 0 Å². The van der Waals surface area contributed by atoms with Crippen LogP contribution in [0.15, 0.2) is 24.4 Å². The minimum absolute atomic E-state index is 0.260. The van der Waals surface area contributed by atoms with E-state index in [1.807, 2.05) is 24.4 Å². The van der Waals surface area contributed by atoms with Gasteiger partial charge in [0, 0.05) is 12.2 Å². The summed E-state index contributed by atoms with van der Waals surface area (Å²) in [6.07, 6.45) is 7.32. The normalized spacial score (nSPS) is 18.9. The fourth-order valence-electron chi connectivity index (χ4n) is 2.68. The Morgan fingerprint density at radius 1 is 1.29 bits per heavy atom. The van der Waals surface area contributed by atoms with Crippen molar-refractivity contribution in [3.8, 4) is 0 Å². The third-order valence-corrected chi connectivity index (χ3v) is 3.57. The molecule has 4 heteroatoms. The Bertz CT molecular complexity index is 499. The third-order valence-electron chi connectivity index (χ3n) is 3.57. The number of fused-ring (bicyclic) bond motifs is 1. The summed E-state index contributed by atoms with van der Waals surface area (Å²) in [6.45, 7) is 2.17. The first-order valence-electron chi connectivity index (χ1n) is 6.40. The number of hydrogen-bond acceptors (Lipinski definition) is 3. The molecule has 1 N–H and O–H groups in total. The van der Waals surface area contributed by atoms with Gasteiger partial charge in [0.05, 0.1) is 6.04 Å². The molecule has 1 aliphatic carbocycles. The van der Waals surface area contributed by atoms with Crippen molar-refractivity contribution in [3.05, 3.63) is 30.2 Å². The average molecular weight is 230 g/mol. The molecule has 1 atom stereocenters. The van der Waals surface area contributed by atoms with Crippen LogP contribution < -0.4 is 5.32 Å². The topological polar surface area (TPSA) is 42.2 Å². The zero-order chi connectivity index (χ0) is 11.7. The second-order valence-electron chi connectivity index (χ2n) is 4.86. The number of hydrogen-bond donors (Lipinski definition) is 1. The van der Waals surface area contributed by atoms with E-state index < -0.39 is 0 Å². The number of nitrogens with one attached hydrogen (secondary N) is 1. The van der Waals surface area contributed by atoms with Crippen molar-refractivity contribution < 1.29 is 0 Å². The van der Waals surface area contributed by atoms with E-state index in [0.29, 0.717) is 6.04 Å². The molecule has 90 valence electrons. The van der Waals surface area contributed by atoms with Crippen LogP contribution in [-0.2, 0) is 0 Å². The van der Waals surface area contributed by atoms with Crippen LogP contribution in [0.2, 0.25) is 0 Å². The zero-order valence-electron chi connectivity index (χ0n) is 10.1. The first-order chi connectivity index (χ1) is 8.34. The highest BCUT2D eigenvalue weighted by Gasteiger charge is 2.20. The average Bonchev–Trinajstić information content (AvgIpc) is 2.96. The fraction of sp³-hybridized carbons (Fsp3) is 0.538. The molecule has 2 aromatic rings. The van der Waals surface area contributed by atoms with Crippen LogP contribution in [0.5, 0.6) is 0 Å². The van der Waals surface area contributed by atoms with Gasteiger partial charge < -0.3 is 5.32 Å². The van der Waals surface area contributed by atoms with Crippen LogP contribution in [-0.4, -0.2) is 20.6 Å². The fourth-order valence-corrected chi connectivity index (χ4v) is 2.68. The molecule has 2 aromatic heterocycles. The van der Waals surface area contributed by atoms with Crippen molar-refractivity contribution in [2.45, 2.75) is 44.7 Å². The number of pyridine rings is 1. The molecule has 0 saturated heterocycles. The Morgan fingerprint density at radius 3 is 2.94 bits per heavy atom. The van der Waals surface area contributed by atoms with Gasteiger partial charge in [0.2, 0.25) is 0 Å². The van der Waals surface area contributed by atoms with Gasteiger partial charge in [-0.15, -0.1) is 10.2 Å². The third kappa shape index (κ3) is 2.05. The van der Waals surface area contributed by atoms with Crippen LogP contribution in [0.25, 0.3) is 5.65 Å². The second-order valence-corrected chi connectivity index (χ2v) is 4.86. The summed E-state index contributed by atoms with van der Waals surface area (Å²) < 4.78 is 2.06. The lowest BCUT2D eigenvalue weighted by Crippen LogP contribution is -2.30. The predicted molar refractivity (Wildman–Crippen MR) is 66.8 cm³/mol. The van der Waals surface area contributed by atoms with Crippen LogP contribution >= 0.6 is 0 Å². The van der Waals surface area contributed by atoms with E-state index in [2.05, 4.69) is 26.8 Å². The monoisotopic (exact) mass is 230 g/mol. The van der Waals surface area contributed by atoms with Crippen molar-refractivity contribution in [1.29, 1.82) is 0 Å². The highest BCUT2D eigenvalue weighted by molar-refractivity contribution is 5.37. The van der Waals surface area contributed by atoms with E-state index >= 15 is 0 Å². The number of aromatic nitrogens is 3. The maximum atomic E-state index is 4.29. The van der Waals surface area contributed by atoms with Gasteiger partial charge in [-0.25, -0.2) is 0 Å². The minimum atomic E-state index is 0.260. The maximum Gasteiger partial charge on any atom is 0.160 e. The molecule has 0 radical (unpaired) electrons. The molecule has 0 bridgehead atoms. The summed E-state index contributed by atoms with van der Waals surface area (Å²) in [5.41, 5.74) is 0.919. The molecule has 4 nitrogen and oxygen atoms in total. The molecule has 1 aliphatic rings. The first-order valence-corrected chi connectivity index (χ1v) is 6.40. The molecule has 0 amide bonds. The maximum absolute atomic E-state index is 4.29. The van der Waals surface area contributed by atoms with Gasteiger partial charge in [0.1, 0.15) is 0 Å². The van der Waals surface area contributed by atoms with E-state index in [4.69, 9.17) is 0 Å². The highest BCUT2D eigenvalue weighted by Crippen LogP contribution is 2.21. The standard InChI is InChI=1S/C13H18N4/c1-10(14-11-6-2-3-7-11)13-16-15-12-8-4-5-9-17(12)13/h4-5,8-11,14H,2-3,6-7H2,1H3/t10-/m0/s1. The molecular weight excluding hydrogens is 212 g/mol. The lowest BCUT2D eigenvalue weighted by atomic mass is 10.2. The predicted octanol–water partition coefficient (Wildman–Crippen LogP) is 2.32. The molecule has 0 aromatic carbocycles. The Labute approximate surface area is 101 Å². The summed E-state index contributed by atoms with van der Waals surface area (Å²) >= 11 is 0. The Balaban J connectivity index is 1.82. The van der Waals surface area contributed by atoms with Crippen molar-refractivity contribution in [2.75, 3.05) is 0 Å². The van der Waals surface area contributed by atoms with E-state index in [0.717, 1.165) is 11.5 Å². The Morgan fingerprint density at radius 2 is 2.12 bits per heavy atom. The smallest absolute Gasteiger partial charge is 0.160 e. The molecule has 0 spiro atoms. The van der Waals surface area contributed by atoms with Crippen molar-refractivity contribution in [1.82, 2.24) is 19.9 Å². The molecule has 17 heavy (non-hydrogen) atoms. The van der Waals surface area contributed by atoms with E-state index in [1.54, 1.807) is 0 Å². The van der Waals surface area contributed by atoms with E-state index in [-0.39, 0.29) is 6.04 Å². The van der Waals surface area contributed by atoms with Crippen LogP contribution in [0.4, 0.5) is 0 Å². The summed E-state index contributed by atoms with van der Waals surface area (Å²) in [5.74, 6) is 1.01. The second kappa shape index (κ2) is 4.45. The van der Waals surface area contributed by atoms with E-state index in [9.17, 15) is 0 Å². The summed E-state index contributed by atoms with van der Waals surface area (Å²) in [5, 5.41) is 12.1. The van der Waals surface area contributed by atoms with Crippen molar-refractivity contribution in [2.24, 2.45) is 0 Å². The Kier molecular flexibility index (Phi) is 2.81. The molecule has 1 saturated carbocycles. The highest BCUT2D eigenvalue weighted by atomic mass is 15.3. The van der Waals surface area contributed by atoms with Crippen molar-refractivity contribution >= 4 is 5.65 Å². The number of rotatable bonds is 3. The van der Waals surface area contributed by atoms with Crippen LogP contribution in [0.1, 0.15) is 44.5 Å². The zero-order valence-corrected chi connectivity index (χ0v) is 10.1. The van der Waals surface area contributed by atoms with Gasteiger partial charge in [0.15, 0.2) is 11.5 Å². The minimum Gasteiger partial charge on any atom is -0.305 e. The van der Waals surface area contributed by atoms with Crippen molar-refractivity contribution in [3.63, 3.8) is 0 Å². The Hall–Kier alpha value is -1.42. The lowest BCUT2D eigenvalue weighted by molar-refractivity contribution is 0.445. The molecule has 2 heterocycles. The quantitative estimate of drug-likeness (QED) is 0.880. The molecule has 1 fully saturated rings. The largest absolute Gasteiger partial charge is 0.305 e. The lowest BCUT2D eigenvalue weighted by Gasteiger charge is -2.17. The molecule has 0 aliphatic heterocycles. The van der Waals surface area contributed by atoms with Gasteiger partial charge in [-0.2, -0.15) is 0 Å². The van der Waals surface area contributed by atoms with Crippen LogP contribution in [0.3, 0.4) is 0 Å². The SMILES string of the molecule is C[C@H](NC1CCCC1)c1nnc2ccccn12. The van der Waals surface area contributed by atoms with Gasteiger partial charge in [-0.3, -0.25) is 4.40 Å². The number of nitrogens with zero attached hydrogens (tertiary/aromatic N) is 3. The molecular formula is C13H18N4. The van der Waals surface area contributed by atoms with E-state index in [1.165, 1.54) is 25.7 Å².